The predicted molar refractivity (Wildman–Crippen MR) is 114 cm³/mol. The number of hydrogen-bond donors (Lipinski definition) is 1. The van der Waals surface area contributed by atoms with Gasteiger partial charge in [0.15, 0.2) is 12.6 Å². The number of nitrogens with zero attached hydrogens (tertiary/aromatic N) is 4. The summed E-state index contributed by atoms with van der Waals surface area (Å²) in [6.07, 6.45) is -2.99. The Morgan fingerprint density at radius 1 is 1.39 bits per heavy atom. The van der Waals surface area contributed by atoms with Gasteiger partial charge in [-0.2, -0.15) is 13.2 Å². The van der Waals surface area contributed by atoms with E-state index in [4.69, 9.17) is 0 Å². The standard InChI is InChI=1S/C17H22F3N5OS.HI/c1-4-21-16(25(3)9-14-10-27-12(2)24-14)23-8-13-5-6-22-15(7-13)26-11-17(18,19)20;/h5-7,10H,4,8-9,11H2,1-3H3,(H,21,23);1H. The molecule has 2 rings (SSSR count). The average molecular weight is 529 g/mol. The molecule has 0 aliphatic carbocycles. The lowest BCUT2D eigenvalue weighted by atomic mass is 10.3. The Bertz CT molecular complexity index is 769. The van der Waals surface area contributed by atoms with Crippen LogP contribution < -0.4 is 10.1 Å². The summed E-state index contributed by atoms with van der Waals surface area (Å²) in [5.74, 6) is 0.606. The summed E-state index contributed by atoms with van der Waals surface area (Å²) in [7, 11) is 1.90. The Kier molecular flexibility index (Phi) is 9.93. The van der Waals surface area contributed by atoms with Gasteiger partial charge in [-0.25, -0.2) is 15.0 Å². The predicted octanol–water partition coefficient (Wildman–Crippen LogP) is 4.00. The summed E-state index contributed by atoms with van der Waals surface area (Å²) in [4.78, 5) is 14.7. The van der Waals surface area contributed by atoms with Crippen LogP contribution in [0.4, 0.5) is 13.2 Å². The lowest BCUT2D eigenvalue weighted by molar-refractivity contribution is -0.154. The molecule has 0 bridgehead atoms. The molecule has 0 saturated carbocycles. The number of rotatable bonds is 7. The summed E-state index contributed by atoms with van der Waals surface area (Å²) in [6, 6.07) is 3.15. The highest BCUT2D eigenvalue weighted by Crippen LogP contribution is 2.18. The van der Waals surface area contributed by atoms with Gasteiger partial charge in [-0.15, -0.1) is 35.3 Å². The Labute approximate surface area is 183 Å². The number of alkyl halides is 3. The lowest BCUT2D eigenvalue weighted by Crippen LogP contribution is -2.38. The van der Waals surface area contributed by atoms with E-state index in [2.05, 4.69) is 25.0 Å². The van der Waals surface area contributed by atoms with E-state index >= 15 is 0 Å². The van der Waals surface area contributed by atoms with Gasteiger partial charge in [0.2, 0.25) is 5.88 Å². The maximum atomic E-state index is 12.3. The third-order valence-electron chi connectivity index (χ3n) is 3.36. The summed E-state index contributed by atoms with van der Waals surface area (Å²) in [5, 5.41) is 6.20. The van der Waals surface area contributed by atoms with Crippen molar-refractivity contribution in [3.63, 3.8) is 0 Å². The molecule has 2 heterocycles. The molecule has 0 unspecified atom stereocenters. The minimum Gasteiger partial charge on any atom is -0.468 e. The number of aliphatic imine (C=N–C) groups is 1. The molecule has 0 aliphatic rings. The second-order valence-electron chi connectivity index (χ2n) is 5.79. The molecule has 0 aromatic carbocycles. The van der Waals surface area contributed by atoms with Gasteiger partial charge >= 0.3 is 6.18 Å². The van der Waals surface area contributed by atoms with Crippen LogP contribution in [0.3, 0.4) is 0 Å². The van der Waals surface area contributed by atoms with Crippen molar-refractivity contribution in [1.82, 2.24) is 20.2 Å². The Balaban J connectivity index is 0.00000392. The Morgan fingerprint density at radius 2 is 2.14 bits per heavy atom. The number of aryl methyl sites for hydroxylation is 1. The number of pyridine rings is 1. The molecule has 0 spiro atoms. The molecule has 0 aliphatic heterocycles. The number of halogens is 4. The zero-order valence-electron chi connectivity index (χ0n) is 15.8. The Morgan fingerprint density at radius 3 is 2.75 bits per heavy atom. The molecule has 2 aromatic heterocycles. The maximum Gasteiger partial charge on any atom is 0.422 e. The maximum absolute atomic E-state index is 12.3. The van der Waals surface area contributed by atoms with Crippen LogP contribution in [0.1, 0.15) is 23.2 Å². The van der Waals surface area contributed by atoms with Gasteiger partial charge in [-0.05, 0) is 25.5 Å². The van der Waals surface area contributed by atoms with Gasteiger partial charge in [-0.3, -0.25) is 0 Å². The number of aromatic nitrogens is 2. The quantitative estimate of drug-likeness (QED) is 0.334. The van der Waals surface area contributed by atoms with Crippen molar-refractivity contribution in [2.45, 2.75) is 33.1 Å². The van der Waals surface area contributed by atoms with E-state index in [9.17, 15) is 13.2 Å². The van der Waals surface area contributed by atoms with Crippen LogP contribution >= 0.6 is 35.3 Å². The molecule has 11 heteroatoms. The zero-order valence-corrected chi connectivity index (χ0v) is 18.9. The highest BCUT2D eigenvalue weighted by molar-refractivity contribution is 14.0. The van der Waals surface area contributed by atoms with Gasteiger partial charge in [0.1, 0.15) is 0 Å². The Hall–Kier alpha value is -1.63. The first-order valence-electron chi connectivity index (χ1n) is 8.31. The molecule has 0 radical (unpaired) electrons. The van der Waals surface area contributed by atoms with Gasteiger partial charge in [0.25, 0.3) is 0 Å². The first-order chi connectivity index (χ1) is 12.8. The van der Waals surface area contributed by atoms with Crippen molar-refractivity contribution in [1.29, 1.82) is 0 Å². The van der Waals surface area contributed by atoms with Crippen LogP contribution in [0.15, 0.2) is 28.7 Å². The summed E-state index contributed by atoms with van der Waals surface area (Å²) >= 11 is 1.59. The van der Waals surface area contributed by atoms with Crippen molar-refractivity contribution in [2.75, 3.05) is 20.2 Å². The lowest BCUT2D eigenvalue weighted by Gasteiger charge is -2.21. The minimum absolute atomic E-state index is 0. The van der Waals surface area contributed by atoms with Crippen molar-refractivity contribution in [3.05, 3.63) is 40.0 Å². The largest absolute Gasteiger partial charge is 0.468 e. The SMILES string of the molecule is CCNC(=NCc1ccnc(OCC(F)(F)F)c1)N(C)Cc1csc(C)n1.I. The molecule has 1 N–H and O–H groups in total. The van der Waals surface area contributed by atoms with E-state index in [-0.39, 0.29) is 36.4 Å². The van der Waals surface area contributed by atoms with Crippen molar-refractivity contribution in [3.8, 4) is 5.88 Å². The molecule has 2 aromatic rings. The normalized spacial score (nSPS) is 11.7. The first-order valence-corrected chi connectivity index (χ1v) is 9.19. The summed E-state index contributed by atoms with van der Waals surface area (Å²) < 4.78 is 41.4. The number of ether oxygens (including phenoxy) is 1. The molecule has 0 fully saturated rings. The van der Waals surface area contributed by atoms with Crippen LogP contribution in [0.2, 0.25) is 0 Å². The van der Waals surface area contributed by atoms with Gasteiger partial charge < -0.3 is 15.0 Å². The van der Waals surface area contributed by atoms with E-state index in [0.29, 0.717) is 24.6 Å². The van der Waals surface area contributed by atoms with Crippen molar-refractivity contribution in [2.24, 2.45) is 4.99 Å². The monoisotopic (exact) mass is 529 g/mol. The molecule has 0 saturated heterocycles. The molecule has 28 heavy (non-hydrogen) atoms. The fourth-order valence-corrected chi connectivity index (χ4v) is 2.82. The van der Waals surface area contributed by atoms with E-state index in [1.165, 1.54) is 12.3 Å². The van der Waals surface area contributed by atoms with Gasteiger partial charge in [0.05, 0.1) is 23.8 Å². The second kappa shape index (κ2) is 11.4. The van der Waals surface area contributed by atoms with Gasteiger partial charge in [-0.1, -0.05) is 0 Å². The number of guanidine groups is 1. The van der Waals surface area contributed by atoms with Crippen LogP contribution in [0, 0.1) is 6.92 Å². The fourth-order valence-electron chi connectivity index (χ4n) is 2.22. The van der Waals surface area contributed by atoms with Gasteiger partial charge in [0, 0.05) is 31.2 Å². The highest BCUT2D eigenvalue weighted by atomic mass is 127. The smallest absolute Gasteiger partial charge is 0.422 e. The summed E-state index contributed by atoms with van der Waals surface area (Å²) in [5.41, 5.74) is 1.66. The topological polar surface area (TPSA) is 62.6 Å². The van der Waals surface area contributed by atoms with Crippen molar-refractivity contribution >= 4 is 41.3 Å². The molecule has 0 atom stereocenters. The molecule has 0 amide bonds. The average Bonchev–Trinajstić information content (AvgIpc) is 3.01. The third kappa shape index (κ3) is 8.59. The van der Waals surface area contributed by atoms with Crippen LogP contribution in [-0.4, -0.2) is 47.2 Å². The van der Waals surface area contributed by atoms with E-state index in [0.717, 1.165) is 10.7 Å². The van der Waals surface area contributed by atoms with E-state index < -0.39 is 12.8 Å². The molecular weight excluding hydrogens is 506 g/mol. The second-order valence-corrected chi connectivity index (χ2v) is 6.85. The third-order valence-corrected chi connectivity index (χ3v) is 4.18. The minimum atomic E-state index is -4.40. The fraction of sp³-hybridized carbons (Fsp3) is 0.471. The van der Waals surface area contributed by atoms with Crippen LogP contribution in [0.25, 0.3) is 0 Å². The van der Waals surface area contributed by atoms with Crippen LogP contribution in [-0.2, 0) is 13.1 Å². The molecular formula is C17H23F3IN5OS. The number of hydrogen-bond acceptors (Lipinski definition) is 5. The molecule has 156 valence electrons. The molecule has 6 nitrogen and oxygen atoms in total. The van der Waals surface area contributed by atoms with Crippen LogP contribution in [0.5, 0.6) is 5.88 Å². The highest BCUT2D eigenvalue weighted by Gasteiger charge is 2.28. The van der Waals surface area contributed by atoms with E-state index in [1.807, 2.05) is 31.2 Å². The first kappa shape index (κ1) is 24.4. The van der Waals surface area contributed by atoms with Crippen molar-refractivity contribution < 1.29 is 17.9 Å². The number of nitrogens with one attached hydrogen (secondary N) is 1. The zero-order chi connectivity index (χ0) is 19.9. The number of thiazole rings is 1. The van der Waals surface area contributed by atoms with E-state index in [1.54, 1.807) is 17.4 Å². The summed E-state index contributed by atoms with van der Waals surface area (Å²) in [6.45, 7) is 4.13.